The fraction of sp³-hybridized carbons (Fsp3) is 0.786. The number of carboxylic acids is 1. The zero-order chi connectivity index (χ0) is 16.2. The van der Waals surface area contributed by atoms with Crippen LogP contribution in [0.25, 0.3) is 0 Å². The lowest BCUT2D eigenvalue weighted by Gasteiger charge is -2.26. The van der Waals surface area contributed by atoms with E-state index in [1.54, 1.807) is 20.8 Å². The summed E-state index contributed by atoms with van der Waals surface area (Å²) >= 11 is 0. The predicted molar refractivity (Wildman–Crippen MR) is 69.1 cm³/mol. The Morgan fingerprint density at radius 3 is 2.19 bits per heavy atom. The van der Waals surface area contributed by atoms with Crippen LogP contribution in [0.1, 0.15) is 34.1 Å². The molecule has 0 radical (unpaired) electrons. The third-order valence-electron chi connectivity index (χ3n) is 4.03. The van der Waals surface area contributed by atoms with Gasteiger partial charge in [0, 0.05) is 25.2 Å². The summed E-state index contributed by atoms with van der Waals surface area (Å²) in [6.45, 7) is 6.12. The fourth-order valence-electron chi connectivity index (χ4n) is 3.38. The lowest BCUT2D eigenvalue weighted by molar-refractivity contribution is -0.175. The van der Waals surface area contributed by atoms with Gasteiger partial charge >= 0.3 is 17.9 Å². The van der Waals surface area contributed by atoms with E-state index in [-0.39, 0.29) is 6.42 Å². The molecule has 0 aromatic carbocycles. The molecule has 0 heterocycles. The van der Waals surface area contributed by atoms with E-state index >= 15 is 0 Å². The average Bonchev–Trinajstić information content (AvgIpc) is 2.86. The summed E-state index contributed by atoms with van der Waals surface area (Å²) in [5, 5.41) is 19.5. The second kappa shape index (κ2) is 4.69. The Morgan fingerprint density at radius 1 is 1.19 bits per heavy atom. The van der Waals surface area contributed by atoms with Crippen molar-refractivity contribution in [2.24, 2.45) is 17.3 Å². The molecule has 2 fully saturated rings. The maximum Gasteiger partial charge on any atom is 0.324 e. The largest absolute Gasteiger partial charge is 0.480 e. The number of aliphatic hydroxyl groups excluding tert-OH is 1. The highest BCUT2D eigenvalue weighted by Crippen LogP contribution is 2.68. The van der Waals surface area contributed by atoms with Gasteiger partial charge in [0.1, 0.15) is 11.7 Å². The van der Waals surface area contributed by atoms with Gasteiger partial charge in [-0.25, -0.2) is 0 Å². The third-order valence-corrected chi connectivity index (χ3v) is 4.03. The molecule has 0 amide bonds. The molecule has 2 rings (SSSR count). The summed E-state index contributed by atoms with van der Waals surface area (Å²) in [6, 6.07) is 0. The van der Waals surface area contributed by atoms with Gasteiger partial charge in [0.2, 0.25) is 0 Å². The van der Waals surface area contributed by atoms with Crippen LogP contribution in [0.2, 0.25) is 0 Å². The maximum atomic E-state index is 12.3. The Hall–Kier alpha value is -1.63. The number of fused-ring (bicyclic) bond motifs is 1. The number of carboxylic acid groups (broad SMARTS) is 1. The highest BCUT2D eigenvalue weighted by molar-refractivity contribution is 6.04. The van der Waals surface area contributed by atoms with E-state index in [4.69, 9.17) is 9.47 Å². The van der Waals surface area contributed by atoms with Gasteiger partial charge in [-0.3, -0.25) is 14.4 Å². The molecule has 0 aromatic heterocycles. The zero-order valence-electron chi connectivity index (χ0n) is 12.5. The van der Waals surface area contributed by atoms with Crippen molar-refractivity contribution in [1.82, 2.24) is 0 Å². The van der Waals surface area contributed by atoms with Crippen molar-refractivity contribution < 1.29 is 34.1 Å². The van der Waals surface area contributed by atoms with Crippen LogP contribution >= 0.6 is 0 Å². The number of hydrogen-bond donors (Lipinski definition) is 2. The minimum absolute atomic E-state index is 0.146. The molecule has 0 aromatic rings. The first-order valence-electron chi connectivity index (χ1n) is 6.84. The smallest absolute Gasteiger partial charge is 0.324 e. The Labute approximate surface area is 122 Å². The van der Waals surface area contributed by atoms with Gasteiger partial charge < -0.3 is 19.7 Å². The summed E-state index contributed by atoms with van der Waals surface area (Å²) in [5.41, 5.74) is -2.65. The van der Waals surface area contributed by atoms with Crippen molar-refractivity contribution in [1.29, 1.82) is 0 Å². The first-order valence-corrected chi connectivity index (χ1v) is 6.84. The SMILES string of the molecule is CC(=O)OC1CC(O)C2C1C2(C(=O)O)C(=O)OC(C)(C)C. The molecule has 2 N–H and O–H groups in total. The third kappa shape index (κ3) is 2.39. The second-order valence-corrected chi connectivity index (χ2v) is 6.68. The van der Waals surface area contributed by atoms with Crippen LogP contribution in [-0.2, 0) is 23.9 Å². The molecular weight excluding hydrogens is 280 g/mol. The van der Waals surface area contributed by atoms with Gasteiger partial charge in [0.25, 0.3) is 0 Å². The van der Waals surface area contributed by atoms with Crippen molar-refractivity contribution >= 4 is 17.9 Å². The van der Waals surface area contributed by atoms with E-state index in [1.807, 2.05) is 0 Å². The van der Waals surface area contributed by atoms with Gasteiger partial charge in [-0.15, -0.1) is 0 Å². The number of aliphatic carboxylic acids is 1. The molecule has 118 valence electrons. The minimum atomic E-state index is -1.81. The Balaban J connectivity index is 2.28. The molecule has 5 atom stereocenters. The van der Waals surface area contributed by atoms with Crippen LogP contribution < -0.4 is 0 Å². The van der Waals surface area contributed by atoms with E-state index in [2.05, 4.69) is 0 Å². The molecule has 0 saturated heterocycles. The van der Waals surface area contributed by atoms with Gasteiger partial charge in [0.05, 0.1) is 6.10 Å². The van der Waals surface area contributed by atoms with Crippen molar-refractivity contribution in [3.63, 3.8) is 0 Å². The number of ether oxygens (including phenoxy) is 2. The van der Waals surface area contributed by atoms with Crippen molar-refractivity contribution in [2.75, 3.05) is 0 Å². The fourth-order valence-corrected chi connectivity index (χ4v) is 3.38. The van der Waals surface area contributed by atoms with E-state index < -0.39 is 53.0 Å². The maximum absolute atomic E-state index is 12.3. The molecule has 0 spiro atoms. The van der Waals surface area contributed by atoms with Gasteiger partial charge in [-0.1, -0.05) is 0 Å². The first-order chi connectivity index (χ1) is 9.51. The van der Waals surface area contributed by atoms with Gasteiger partial charge in [-0.2, -0.15) is 0 Å². The molecular formula is C14H20O7. The molecule has 21 heavy (non-hydrogen) atoms. The highest BCUT2D eigenvalue weighted by Gasteiger charge is 2.83. The number of esters is 2. The van der Waals surface area contributed by atoms with Crippen LogP contribution in [0.4, 0.5) is 0 Å². The van der Waals surface area contributed by atoms with Crippen molar-refractivity contribution in [3.05, 3.63) is 0 Å². The van der Waals surface area contributed by atoms with Gasteiger partial charge in [0.15, 0.2) is 5.41 Å². The second-order valence-electron chi connectivity index (χ2n) is 6.68. The standard InChI is InChI=1S/C14H20O7/c1-6(15)20-8-5-7(16)9-10(8)14(9,11(17)18)12(19)21-13(2,3)4/h7-10,16H,5H2,1-4H3,(H,17,18). The van der Waals surface area contributed by atoms with Crippen LogP contribution in [-0.4, -0.2) is 45.9 Å². The summed E-state index contributed by atoms with van der Waals surface area (Å²) < 4.78 is 10.2. The molecule has 0 aliphatic heterocycles. The highest BCUT2D eigenvalue weighted by atomic mass is 16.6. The van der Waals surface area contributed by atoms with Gasteiger partial charge in [-0.05, 0) is 20.8 Å². The minimum Gasteiger partial charge on any atom is -0.480 e. The molecule has 2 aliphatic rings. The van der Waals surface area contributed by atoms with Crippen molar-refractivity contribution in [3.8, 4) is 0 Å². The van der Waals surface area contributed by atoms with E-state index in [9.17, 15) is 24.6 Å². The monoisotopic (exact) mass is 300 g/mol. The zero-order valence-corrected chi connectivity index (χ0v) is 12.5. The summed E-state index contributed by atoms with van der Waals surface area (Å²) in [7, 11) is 0. The molecule has 7 heteroatoms. The number of aliphatic hydroxyl groups is 1. The summed E-state index contributed by atoms with van der Waals surface area (Å²) in [5.74, 6) is -4.29. The molecule has 2 saturated carbocycles. The van der Waals surface area contributed by atoms with Crippen molar-refractivity contribution in [2.45, 2.75) is 51.9 Å². The van der Waals surface area contributed by atoms with Crippen LogP contribution in [0.3, 0.4) is 0 Å². The molecule has 2 aliphatic carbocycles. The number of hydrogen-bond acceptors (Lipinski definition) is 6. The number of rotatable bonds is 3. The lowest BCUT2D eigenvalue weighted by atomic mass is 9.93. The average molecular weight is 300 g/mol. The van der Waals surface area contributed by atoms with Crippen LogP contribution in [0.15, 0.2) is 0 Å². The van der Waals surface area contributed by atoms with E-state index in [0.29, 0.717) is 0 Å². The number of carbonyl (C=O) groups excluding carboxylic acids is 2. The summed E-state index contributed by atoms with van der Waals surface area (Å²) in [6.07, 6.45) is -1.62. The summed E-state index contributed by atoms with van der Waals surface area (Å²) in [4.78, 5) is 35.1. The van der Waals surface area contributed by atoms with E-state index in [0.717, 1.165) is 0 Å². The van der Waals surface area contributed by atoms with Crippen LogP contribution in [0, 0.1) is 17.3 Å². The number of carbonyl (C=O) groups is 3. The van der Waals surface area contributed by atoms with Crippen LogP contribution in [0.5, 0.6) is 0 Å². The normalized spacial score (nSPS) is 37.6. The quantitative estimate of drug-likeness (QED) is 0.571. The molecule has 0 bridgehead atoms. The first kappa shape index (κ1) is 15.8. The lowest BCUT2D eigenvalue weighted by Crippen LogP contribution is -2.41. The predicted octanol–water partition coefficient (Wildman–Crippen LogP) is 0.341. The Morgan fingerprint density at radius 2 is 1.76 bits per heavy atom. The molecule has 5 unspecified atom stereocenters. The van der Waals surface area contributed by atoms with E-state index in [1.165, 1.54) is 6.92 Å². The Kier molecular flexibility index (Phi) is 3.52. The molecule has 7 nitrogen and oxygen atoms in total. The topological polar surface area (TPSA) is 110 Å². The Bertz CT molecular complexity index is 492.